The van der Waals surface area contributed by atoms with Crippen molar-refractivity contribution in [3.8, 4) is 0 Å². The molecule has 0 aromatic heterocycles. The van der Waals surface area contributed by atoms with Crippen molar-refractivity contribution in [3.05, 3.63) is 29.8 Å². The lowest BCUT2D eigenvalue weighted by Gasteiger charge is -2.13. The van der Waals surface area contributed by atoms with Crippen LogP contribution in [0.25, 0.3) is 0 Å². The number of benzene rings is 1. The molecular weight excluding hydrogens is 244 g/mol. The summed E-state index contributed by atoms with van der Waals surface area (Å²) in [5.74, 6) is -1.01. The minimum atomic E-state index is -0.780. The zero-order valence-electron chi connectivity index (χ0n) is 10.8. The van der Waals surface area contributed by atoms with E-state index in [4.69, 9.17) is 5.73 Å². The number of nitrogens with two attached hydrogens (primary N) is 1. The summed E-state index contributed by atoms with van der Waals surface area (Å²) in [6, 6.07) is 6.44. The Balaban J connectivity index is 2.07. The van der Waals surface area contributed by atoms with Crippen LogP contribution in [-0.4, -0.2) is 23.0 Å². The quantitative estimate of drug-likeness (QED) is 0.749. The summed E-state index contributed by atoms with van der Waals surface area (Å²) in [4.78, 5) is 22.8. The van der Waals surface area contributed by atoms with E-state index in [1.807, 2.05) is 6.92 Å². The van der Waals surface area contributed by atoms with Gasteiger partial charge in [0.2, 0.25) is 5.91 Å². The second-order valence-electron chi connectivity index (χ2n) is 4.97. The van der Waals surface area contributed by atoms with Crippen LogP contribution in [0.1, 0.15) is 31.7 Å². The van der Waals surface area contributed by atoms with Gasteiger partial charge >= 0.3 is 5.97 Å². The summed E-state index contributed by atoms with van der Waals surface area (Å²) in [6.07, 6.45) is 1.93. The van der Waals surface area contributed by atoms with Crippen molar-refractivity contribution in [2.45, 2.75) is 37.6 Å². The topological polar surface area (TPSA) is 92.4 Å². The van der Waals surface area contributed by atoms with Gasteiger partial charge in [0.15, 0.2) is 0 Å². The molecule has 1 fully saturated rings. The van der Waals surface area contributed by atoms with Crippen LogP contribution < -0.4 is 11.1 Å². The summed E-state index contributed by atoms with van der Waals surface area (Å²) in [7, 11) is 0. The Labute approximate surface area is 111 Å². The van der Waals surface area contributed by atoms with Crippen molar-refractivity contribution in [1.82, 2.24) is 0 Å². The normalized spacial score (nSPS) is 17.6. The van der Waals surface area contributed by atoms with Crippen LogP contribution in [0.3, 0.4) is 0 Å². The maximum atomic E-state index is 11.6. The number of carbonyl (C=O) groups is 2. The second-order valence-corrected chi connectivity index (χ2v) is 4.97. The molecule has 1 aliphatic carbocycles. The van der Waals surface area contributed by atoms with Crippen LogP contribution in [0, 0.1) is 0 Å². The molecule has 4 N–H and O–H groups in total. The number of rotatable bonds is 5. The van der Waals surface area contributed by atoms with E-state index in [1.54, 1.807) is 24.3 Å². The van der Waals surface area contributed by atoms with E-state index in [9.17, 15) is 14.7 Å². The first-order valence-electron chi connectivity index (χ1n) is 6.40. The molecule has 1 aliphatic rings. The van der Waals surface area contributed by atoms with Gasteiger partial charge in [-0.1, -0.05) is 19.1 Å². The number of anilines is 1. The van der Waals surface area contributed by atoms with E-state index >= 15 is 0 Å². The molecule has 1 unspecified atom stereocenters. The fraction of sp³-hybridized carbons (Fsp3) is 0.429. The smallest absolute Gasteiger partial charge is 0.314 e. The Morgan fingerprint density at radius 2 is 1.95 bits per heavy atom. The lowest BCUT2D eigenvalue weighted by molar-refractivity contribution is -0.140. The monoisotopic (exact) mass is 262 g/mol. The molecule has 0 bridgehead atoms. The standard InChI is InChI=1S/C14H18N2O3/c1-2-11(15)12(17)16-10-5-3-9(4-6-10)14(7-8-14)13(18)19/h3-6,11H,2,7-8,15H2,1H3,(H,16,17)(H,18,19). The van der Waals surface area contributed by atoms with E-state index in [2.05, 4.69) is 5.32 Å². The highest BCUT2D eigenvalue weighted by molar-refractivity contribution is 5.94. The van der Waals surface area contributed by atoms with Crippen molar-refractivity contribution in [1.29, 1.82) is 0 Å². The number of carboxylic acids is 1. The molecule has 0 spiro atoms. The Hall–Kier alpha value is -1.88. The van der Waals surface area contributed by atoms with E-state index < -0.39 is 17.4 Å². The molecule has 0 aliphatic heterocycles. The highest BCUT2D eigenvalue weighted by Gasteiger charge is 2.51. The molecular formula is C14H18N2O3. The summed E-state index contributed by atoms with van der Waals surface area (Å²) in [5, 5.41) is 11.9. The van der Waals surface area contributed by atoms with Crippen molar-refractivity contribution in [2.24, 2.45) is 5.73 Å². The molecule has 1 saturated carbocycles. The van der Waals surface area contributed by atoms with Crippen LogP contribution in [0.2, 0.25) is 0 Å². The Bertz CT molecular complexity index is 492. The average Bonchev–Trinajstić information content (AvgIpc) is 3.20. The third-order valence-corrected chi connectivity index (χ3v) is 3.64. The van der Waals surface area contributed by atoms with Gasteiger partial charge in [-0.15, -0.1) is 0 Å². The first kappa shape index (κ1) is 13.5. The summed E-state index contributed by atoms with van der Waals surface area (Å²) in [6.45, 7) is 1.84. The predicted molar refractivity (Wildman–Crippen MR) is 71.9 cm³/mol. The number of hydrogen-bond acceptors (Lipinski definition) is 3. The minimum absolute atomic E-state index is 0.227. The van der Waals surface area contributed by atoms with Gasteiger partial charge in [0.25, 0.3) is 0 Å². The van der Waals surface area contributed by atoms with Crippen LogP contribution in [0.5, 0.6) is 0 Å². The largest absolute Gasteiger partial charge is 0.481 e. The molecule has 1 aromatic carbocycles. The molecule has 5 heteroatoms. The molecule has 0 saturated heterocycles. The number of aliphatic carboxylic acids is 1. The lowest BCUT2D eigenvalue weighted by atomic mass is 9.96. The third kappa shape index (κ3) is 2.61. The van der Waals surface area contributed by atoms with Crippen molar-refractivity contribution >= 4 is 17.6 Å². The van der Waals surface area contributed by atoms with E-state index in [1.165, 1.54) is 0 Å². The van der Waals surface area contributed by atoms with Gasteiger partial charge in [-0.2, -0.15) is 0 Å². The van der Waals surface area contributed by atoms with Gasteiger partial charge in [-0.05, 0) is 37.0 Å². The Morgan fingerprint density at radius 1 is 1.37 bits per heavy atom. The van der Waals surface area contributed by atoms with Crippen molar-refractivity contribution in [3.63, 3.8) is 0 Å². The fourth-order valence-corrected chi connectivity index (χ4v) is 2.04. The molecule has 19 heavy (non-hydrogen) atoms. The number of carboxylic acid groups (broad SMARTS) is 1. The number of amides is 1. The highest BCUT2D eigenvalue weighted by Crippen LogP contribution is 2.48. The second kappa shape index (κ2) is 5.01. The maximum absolute atomic E-state index is 11.6. The van der Waals surface area contributed by atoms with E-state index in [-0.39, 0.29) is 5.91 Å². The van der Waals surface area contributed by atoms with Gasteiger partial charge in [0, 0.05) is 5.69 Å². The van der Waals surface area contributed by atoms with Gasteiger partial charge in [0.05, 0.1) is 11.5 Å². The molecule has 1 aromatic rings. The van der Waals surface area contributed by atoms with Crippen LogP contribution in [0.4, 0.5) is 5.69 Å². The first-order chi connectivity index (χ1) is 8.99. The molecule has 102 valence electrons. The van der Waals surface area contributed by atoms with Gasteiger partial charge in [-0.25, -0.2) is 0 Å². The SMILES string of the molecule is CCC(N)C(=O)Nc1ccc(C2(C(=O)O)CC2)cc1. The highest BCUT2D eigenvalue weighted by atomic mass is 16.4. The van der Waals surface area contributed by atoms with Crippen LogP contribution in [-0.2, 0) is 15.0 Å². The molecule has 0 heterocycles. The molecule has 1 amide bonds. The van der Waals surface area contributed by atoms with E-state index in [0.717, 1.165) is 5.56 Å². The number of hydrogen-bond donors (Lipinski definition) is 3. The van der Waals surface area contributed by atoms with Crippen molar-refractivity contribution in [2.75, 3.05) is 5.32 Å². The third-order valence-electron chi connectivity index (χ3n) is 3.64. The van der Waals surface area contributed by atoms with Gasteiger partial charge in [-0.3, -0.25) is 9.59 Å². The molecule has 1 atom stereocenters. The van der Waals surface area contributed by atoms with Gasteiger partial charge < -0.3 is 16.2 Å². The molecule has 2 rings (SSSR count). The Kier molecular flexibility index (Phi) is 3.57. The minimum Gasteiger partial charge on any atom is -0.481 e. The summed E-state index contributed by atoms with van der Waals surface area (Å²) in [5.41, 5.74) is 6.34. The molecule has 5 nitrogen and oxygen atoms in total. The average molecular weight is 262 g/mol. The fourth-order valence-electron chi connectivity index (χ4n) is 2.04. The van der Waals surface area contributed by atoms with Crippen LogP contribution >= 0.6 is 0 Å². The number of carbonyl (C=O) groups excluding carboxylic acids is 1. The Morgan fingerprint density at radius 3 is 2.37 bits per heavy atom. The lowest BCUT2D eigenvalue weighted by Crippen LogP contribution is -2.34. The first-order valence-corrected chi connectivity index (χ1v) is 6.40. The van der Waals surface area contributed by atoms with Crippen molar-refractivity contribution < 1.29 is 14.7 Å². The van der Waals surface area contributed by atoms with Crippen LogP contribution in [0.15, 0.2) is 24.3 Å². The predicted octanol–water partition coefficient (Wildman–Crippen LogP) is 1.48. The number of nitrogens with one attached hydrogen (secondary N) is 1. The van der Waals surface area contributed by atoms with Gasteiger partial charge in [0.1, 0.15) is 0 Å². The maximum Gasteiger partial charge on any atom is 0.314 e. The zero-order valence-corrected chi connectivity index (χ0v) is 10.8. The summed E-state index contributed by atoms with van der Waals surface area (Å²) >= 11 is 0. The zero-order chi connectivity index (χ0) is 14.0. The summed E-state index contributed by atoms with van der Waals surface area (Å²) < 4.78 is 0. The molecule has 0 radical (unpaired) electrons. The van der Waals surface area contributed by atoms with E-state index in [0.29, 0.717) is 24.9 Å².